The van der Waals surface area contributed by atoms with Gasteiger partial charge in [0.1, 0.15) is 0 Å². The third-order valence-corrected chi connectivity index (χ3v) is 4.67. The summed E-state index contributed by atoms with van der Waals surface area (Å²) in [5, 5.41) is 0. The predicted octanol–water partition coefficient (Wildman–Crippen LogP) is 2.69. The molecule has 4 fully saturated rings. The van der Waals surface area contributed by atoms with E-state index in [4.69, 9.17) is 5.73 Å². The second-order valence-corrected chi connectivity index (χ2v) is 6.99. The molecule has 1 heteroatoms. The van der Waals surface area contributed by atoms with Crippen LogP contribution in [-0.4, -0.2) is 5.54 Å². The second-order valence-electron chi connectivity index (χ2n) is 6.99. The lowest BCUT2D eigenvalue weighted by Gasteiger charge is -2.64. The van der Waals surface area contributed by atoms with Gasteiger partial charge in [-0.2, -0.15) is 0 Å². The minimum absolute atomic E-state index is 0.225. The Morgan fingerprint density at radius 1 is 0.923 bits per heavy atom. The van der Waals surface area contributed by atoms with E-state index in [1.165, 1.54) is 38.5 Å². The van der Waals surface area contributed by atoms with Crippen LogP contribution >= 0.6 is 0 Å². The Hall–Kier alpha value is -0.0400. The van der Waals surface area contributed by atoms with E-state index in [2.05, 4.69) is 13.8 Å². The van der Waals surface area contributed by atoms with Gasteiger partial charge in [-0.1, -0.05) is 13.8 Å². The van der Waals surface area contributed by atoms with Crippen molar-refractivity contribution in [1.82, 2.24) is 0 Å². The molecule has 0 aromatic carbocycles. The van der Waals surface area contributed by atoms with Crippen molar-refractivity contribution in [2.75, 3.05) is 0 Å². The Morgan fingerprint density at radius 3 is 1.85 bits per heavy atom. The summed E-state index contributed by atoms with van der Waals surface area (Å²) < 4.78 is 0. The number of hydrogen-bond donors (Lipinski definition) is 1. The standard InChI is InChI=1S/C12H21N/c1-10-3-9-4-11(2,6-10)8-12(13,5-9)7-10/h9H,3-8,13H2,1-2H3/t9?,10-,11?,12-/m0/s1. The van der Waals surface area contributed by atoms with Gasteiger partial charge >= 0.3 is 0 Å². The lowest BCUT2D eigenvalue weighted by Crippen LogP contribution is -2.62. The van der Waals surface area contributed by atoms with Crippen molar-refractivity contribution >= 4 is 0 Å². The molecule has 4 atom stereocenters. The van der Waals surface area contributed by atoms with Crippen molar-refractivity contribution in [3.63, 3.8) is 0 Å². The van der Waals surface area contributed by atoms with Crippen LogP contribution in [0.4, 0.5) is 0 Å². The quantitative estimate of drug-likeness (QED) is 0.608. The van der Waals surface area contributed by atoms with Crippen molar-refractivity contribution in [1.29, 1.82) is 0 Å². The SMILES string of the molecule is CC12CC3C[C@@](C)(C1)C[C@@](N)(C3)C2. The molecule has 0 aliphatic heterocycles. The zero-order valence-electron chi connectivity index (χ0n) is 8.90. The fourth-order valence-electron chi connectivity index (χ4n) is 5.54. The number of nitrogens with two attached hydrogens (primary N) is 1. The smallest absolute Gasteiger partial charge is 0.0167 e. The second kappa shape index (κ2) is 1.98. The van der Waals surface area contributed by atoms with Crippen LogP contribution in [-0.2, 0) is 0 Å². The maximum absolute atomic E-state index is 6.49. The van der Waals surface area contributed by atoms with Gasteiger partial charge in [0.15, 0.2) is 0 Å². The molecule has 4 bridgehead atoms. The molecule has 4 aliphatic rings. The van der Waals surface area contributed by atoms with Crippen LogP contribution in [0.1, 0.15) is 52.4 Å². The monoisotopic (exact) mass is 179 g/mol. The Bertz CT molecular complexity index is 207. The van der Waals surface area contributed by atoms with Crippen LogP contribution in [0.25, 0.3) is 0 Å². The maximum atomic E-state index is 6.49. The summed E-state index contributed by atoms with van der Waals surface area (Å²) in [5.74, 6) is 0.955. The summed E-state index contributed by atoms with van der Waals surface area (Å²) >= 11 is 0. The average Bonchev–Trinajstić information content (AvgIpc) is 1.71. The highest BCUT2D eigenvalue weighted by molar-refractivity contribution is 5.12. The summed E-state index contributed by atoms with van der Waals surface area (Å²) in [6, 6.07) is 0. The van der Waals surface area contributed by atoms with E-state index in [9.17, 15) is 0 Å². The van der Waals surface area contributed by atoms with E-state index in [1.54, 1.807) is 0 Å². The van der Waals surface area contributed by atoms with E-state index in [-0.39, 0.29) is 5.54 Å². The Kier molecular flexibility index (Phi) is 1.26. The molecule has 0 spiro atoms. The fourth-order valence-corrected chi connectivity index (χ4v) is 5.54. The molecule has 13 heavy (non-hydrogen) atoms. The van der Waals surface area contributed by atoms with Gasteiger partial charge in [0, 0.05) is 5.54 Å². The van der Waals surface area contributed by atoms with Crippen LogP contribution in [0.3, 0.4) is 0 Å². The Balaban J connectivity index is 2.03. The van der Waals surface area contributed by atoms with Gasteiger partial charge in [0.2, 0.25) is 0 Å². The van der Waals surface area contributed by atoms with E-state index >= 15 is 0 Å². The minimum atomic E-state index is 0.225. The van der Waals surface area contributed by atoms with Crippen LogP contribution < -0.4 is 5.73 Å². The van der Waals surface area contributed by atoms with E-state index < -0.39 is 0 Å². The summed E-state index contributed by atoms with van der Waals surface area (Å²) in [6.45, 7) is 4.94. The van der Waals surface area contributed by atoms with E-state index in [0.29, 0.717) is 10.8 Å². The van der Waals surface area contributed by atoms with E-state index in [0.717, 1.165) is 5.92 Å². The van der Waals surface area contributed by atoms with Crippen molar-refractivity contribution in [2.45, 2.75) is 57.9 Å². The number of rotatable bonds is 0. The van der Waals surface area contributed by atoms with Crippen molar-refractivity contribution in [3.8, 4) is 0 Å². The molecule has 4 rings (SSSR count). The molecule has 74 valence electrons. The summed E-state index contributed by atoms with van der Waals surface area (Å²) in [5.41, 5.74) is 7.92. The van der Waals surface area contributed by atoms with Crippen LogP contribution in [0, 0.1) is 16.7 Å². The fraction of sp³-hybridized carbons (Fsp3) is 1.00. The molecule has 0 amide bonds. The topological polar surface area (TPSA) is 26.0 Å². The summed E-state index contributed by atoms with van der Waals surface area (Å²) in [6.07, 6.45) is 8.27. The van der Waals surface area contributed by atoms with Gasteiger partial charge in [0.05, 0.1) is 0 Å². The largest absolute Gasteiger partial charge is 0.325 e. The Labute approximate surface area is 81.1 Å². The average molecular weight is 179 g/mol. The third-order valence-electron chi connectivity index (χ3n) is 4.67. The minimum Gasteiger partial charge on any atom is -0.325 e. The van der Waals surface area contributed by atoms with Crippen molar-refractivity contribution < 1.29 is 0 Å². The summed E-state index contributed by atoms with van der Waals surface area (Å²) in [4.78, 5) is 0. The number of hydrogen-bond acceptors (Lipinski definition) is 1. The highest BCUT2D eigenvalue weighted by atomic mass is 14.8. The lowest BCUT2D eigenvalue weighted by atomic mass is 9.43. The molecule has 0 saturated heterocycles. The van der Waals surface area contributed by atoms with Crippen LogP contribution in [0.15, 0.2) is 0 Å². The molecule has 4 saturated carbocycles. The lowest BCUT2D eigenvalue weighted by molar-refractivity contribution is -0.104. The normalized spacial score (nSPS) is 64.4. The molecule has 0 aromatic heterocycles. The predicted molar refractivity (Wildman–Crippen MR) is 54.3 cm³/mol. The zero-order chi connectivity index (χ0) is 9.32. The highest BCUT2D eigenvalue weighted by Gasteiger charge is 2.58. The van der Waals surface area contributed by atoms with Crippen molar-refractivity contribution in [2.24, 2.45) is 22.5 Å². The molecule has 0 aromatic rings. The first-order chi connectivity index (χ1) is 5.91. The zero-order valence-corrected chi connectivity index (χ0v) is 8.90. The summed E-state index contributed by atoms with van der Waals surface area (Å²) in [7, 11) is 0. The first kappa shape index (κ1) is 8.28. The maximum Gasteiger partial charge on any atom is 0.0167 e. The van der Waals surface area contributed by atoms with E-state index in [1.807, 2.05) is 0 Å². The van der Waals surface area contributed by atoms with Gasteiger partial charge < -0.3 is 5.73 Å². The van der Waals surface area contributed by atoms with Gasteiger partial charge in [-0.05, 0) is 55.3 Å². The third kappa shape index (κ3) is 1.09. The molecular weight excluding hydrogens is 158 g/mol. The first-order valence-electron chi connectivity index (χ1n) is 5.70. The van der Waals surface area contributed by atoms with Crippen molar-refractivity contribution in [3.05, 3.63) is 0 Å². The molecular formula is C12H21N. The van der Waals surface area contributed by atoms with Crippen LogP contribution in [0.5, 0.6) is 0 Å². The van der Waals surface area contributed by atoms with Gasteiger partial charge in [-0.25, -0.2) is 0 Å². The van der Waals surface area contributed by atoms with Gasteiger partial charge in [-0.3, -0.25) is 0 Å². The molecule has 0 heterocycles. The van der Waals surface area contributed by atoms with Crippen LogP contribution in [0.2, 0.25) is 0 Å². The molecule has 2 N–H and O–H groups in total. The first-order valence-corrected chi connectivity index (χ1v) is 5.70. The highest BCUT2D eigenvalue weighted by Crippen LogP contribution is 2.65. The van der Waals surface area contributed by atoms with Gasteiger partial charge in [-0.15, -0.1) is 0 Å². The molecule has 0 radical (unpaired) electrons. The molecule has 4 aliphatic carbocycles. The molecule has 2 unspecified atom stereocenters. The Morgan fingerprint density at radius 2 is 1.46 bits per heavy atom. The van der Waals surface area contributed by atoms with Gasteiger partial charge in [0.25, 0.3) is 0 Å². The molecule has 1 nitrogen and oxygen atoms in total.